The van der Waals surface area contributed by atoms with E-state index in [4.69, 9.17) is 15.2 Å². The van der Waals surface area contributed by atoms with Crippen LogP contribution in [-0.4, -0.2) is 58.0 Å². The predicted molar refractivity (Wildman–Crippen MR) is 143 cm³/mol. The van der Waals surface area contributed by atoms with Crippen molar-refractivity contribution < 1.29 is 84.0 Å². The van der Waals surface area contributed by atoms with Crippen LogP contribution in [0.3, 0.4) is 0 Å². The standard InChI is InChI=1S/C27H39N3O7S.K/c1-19(2)18-30(38(34,35)23-13-10-21(28)11-14-23)24(27(32)33)7-5-6-16-29-26(31)15-9-20-8-12-22(36-3)17-25(20)37-4;/h8,10-14,17,19,24H,5-7,9,15-16,18,28H2,1-4H3,(H,29,31)(H,32,33);/q;+1/p-1/t24-;/m0./s1. The molecule has 0 saturated heterocycles. The number of aliphatic carboxylic acids is 1. The van der Waals surface area contributed by atoms with Crippen molar-refractivity contribution in [2.24, 2.45) is 5.92 Å². The Bertz CT molecular complexity index is 1170. The summed E-state index contributed by atoms with van der Waals surface area (Å²) in [6.45, 7) is 3.99. The number of sulfonamides is 1. The number of methoxy groups -OCH3 is 2. The molecule has 12 heteroatoms. The van der Waals surface area contributed by atoms with E-state index in [0.717, 1.165) is 9.87 Å². The number of nitrogen functional groups attached to an aromatic ring is 1. The molecule has 210 valence electrons. The number of nitrogens with two attached hydrogens (primary N) is 1. The number of nitrogens with one attached hydrogen (secondary N) is 1. The Morgan fingerprint density at radius 2 is 1.72 bits per heavy atom. The molecule has 10 nitrogen and oxygen atoms in total. The van der Waals surface area contributed by atoms with Crippen LogP contribution in [0.5, 0.6) is 11.5 Å². The Hall–Kier alpha value is -1.67. The number of nitrogens with zero attached hydrogens (tertiary/aromatic N) is 1. The first kappa shape index (κ1) is 35.4. The Morgan fingerprint density at radius 1 is 1.05 bits per heavy atom. The Balaban J connectivity index is 0.00000760. The molecule has 0 aliphatic carbocycles. The van der Waals surface area contributed by atoms with Crippen molar-refractivity contribution in [3.8, 4) is 11.5 Å². The van der Waals surface area contributed by atoms with Crippen LogP contribution < -0.4 is 77.0 Å². The van der Waals surface area contributed by atoms with E-state index in [1.807, 2.05) is 19.9 Å². The van der Waals surface area contributed by atoms with Crippen LogP contribution in [0.2, 0.25) is 0 Å². The average molecular weight is 588 g/mol. The molecule has 0 fully saturated rings. The van der Waals surface area contributed by atoms with Gasteiger partial charge in [-0.1, -0.05) is 19.9 Å². The summed E-state index contributed by atoms with van der Waals surface area (Å²) in [5, 5.41) is 14.8. The Morgan fingerprint density at radius 3 is 2.28 bits per heavy atom. The number of benzene rings is 2. The first-order valence-electron chi connectivity index (χ1n) is 12.6. The van der Waals surface area contributed by atoms with Crippen LogP contribution in [0.15, 0.2) is 47.4 Å². The zero-order valence-electron chi connectivity index (χ0n) is 23.4. The van der Waals surface area contributed by atoms with Gasteiger partial charge in [0.1, 0.15) is 11.5 Å². The molecule has 0 saturated carbocycles. The number of carboxylic acids is 1. The number of hydrogen-bond donors (Lipinski definition) is 2. The first-order chi connectivity index (χ1) is 18.0. The third-order valence-corrected chi connectivity index (χ3v) is 7.88. The van der Waals surface area contributed by atoms with Gasteiger partial charge >= 0.3 is 51.4 Å². The fourth-order valence-corrected chi connectivity index (χ4v) is 5.76. The Kier molecular flexibility index (Phi) is 15.6. The SMILES string of the molecule is COc1ccc(CCC(=O)NCCCC[C@@H](C(=O)[O-])N(CC(C)C)S(=O)(=O)c2ccc(N)cc2)c(OC)c1.[K+]. The third-order valence-electron chi connectivity index (χ3n) is 5.99. The van der Waals surface area contributed by atoms with Crippen LogP contribution in [-0.2, 0) is 26.0 Å². The van der Waals surface area contributed by atoms with Crippen molar-refractivity contribution in [3.05, 3.63) is 48.0 Å². The first-order valence-corrected chi connectivity index (χ1v) is 14.0. The van der Waals surface area contributed by atoms with Crippen molar-refractivity contribution in [3.63, 3.8) is 0 Å². The molecule has 39 heavy (non-hydrogen) atoms. The van der Waals surface area contributed by atoms with E-state index in [-0.39, 0.29) is 87.5 Å². The molecule has 1 amide bonds. The molecule has 0 spiro atoms. The van der Waals surface area contributed by atoms with E-state index in [1.54, 1.807) is 26.4 Å². The van der Waals surface area contributed by atoms with E-state index in [0.29, 0.717) is 43.0 Å². The van der Waals surface area contributed by atoms with Crippen LogP contribution >= 0.6 is 0 Å². The number of carbonyl (C=O) groups excluding carboxylic acids is 2. The molecule has 0 aromatic heterocycles. The van der Waals surface area contributed by atoms with Crippen molar-refractivity contribution in [1.29, 1.82) is 0 Å². The number of carbonyl (C=O) groups is 2. The number of amides is 1. The van der Waals surface area contributed by atoms with E-state index in [9.17, 15) is 23.1 Å². The van der Waals surface area contributed by atoms with Crippen molar-refractivity contribution >= 4 is 27.6 Å². The van der Waals surface area contributed by atoms with Gasteiger partial charge in [0, 0.05) is 31.3 Å². The van der Waals surface area contributed by atoms with Gasteiger partial charge in [0.2, 0.25) is 15.9 Å². The summed E-state index contributed by atoms with van der Waals surface area (Å²) in [5.41, 5.74) is 6.96. The van der Waals surface area contributed by atoms with Gasteiger partial charge in [-0.05, 0) is 67.5 Å². The summed E-state index contributed by atoms with van der Waals surface area (Å²) in [5.74, 6) is -0.402. The fraction of sp³-hybridized carbons (Fsp3) is 0.481. The molecule has 0 aliphatic heterocycles. The zero-order valence-corrected chi connectivity index (χ0v) is 27.4. The molecule has 0 aliphatic rings. The largest absolute Gasteiger partial charge is 1.00 e. The summed E-state index contributed by atoms with van der Waals surface area (Å²) in [6.07, 6.45) is 1.67. The average Bonchev–Trinajstić information content (AvgIpc) is 2.88. The maximum absolute atomic E-state index is 13.3. The van der Waals surface area contributed by atoms with Crippen LogP contribution in [0.4, 0.5) is 5.69 Å². The van der Waals surface area contributed by atoms with Gasteiger partial charge in [0.05, 0.1) is 31.1 Å². The summed E-state index contributed by atoms with van der Waals surface area (Å²) in [6, 6.07) is 9.73. The monoisotopic (exact) mass is 587 g/mol. The molecule has 0 unspecified atom stereocenters. The fourth-order valence-electron chi connectivity index (χ4n) is 3.99. The van der Waals surface area contributed by atoms with Crippen molar-refractivity contribution in [2.75, 3.05) is 33.0 Å². The van der Waals surface area contributed by atoms with Crippen LogP contribution in [0.1, 0.15) is 45.1 Å². The van der Waals surface area contributed by atoms with Crippen LogP contribution in [0.25, 0.3) is 0 Å². The van der Waals surface area contributed by atoms with E-state index in [1.165, 1.54) is 24.3 Å². The summed E-state index contributed by atoms with van der Waals surface area (Å²) in [7, 11) is -0.964. The predicted octanol–water partition coefficient (Wildman–Crippen LogP) is -1.03. The summed E-state index contributed by atoms with van der Waals surface area (Å²) >= 11 is 0. The maximum atomic E-state index is 13.3. The second-order valence-corrected chi connectivity index (χ2v) is 11.3. The van der Waals surface area contributed by atoms with Crippen molar-refractivity contribution in [2.45, 2.75) is 56.9 Å². The second kappa shape index (κ2) is 17.2. The zero-order chi connectivity index (χ0) is 28.3. The molecular formula is C27H38KN3O7S. The molecule has 0 radical (unpaired) electrons. The van der Waals surface area contributed by atoms with Crippen LogP contribution in [0, 0.1) is 5.92 Å². The molecule has 2 rings (SSSR count). The minimum Gasteiger partial charge on any atom is -0.548 e. The van der Waals surface area contributed by atoms with Gasteiger partial charge in [0.15, 0.2) is 0 Å². The van der Waals surface area contributed by atoms with Gasteiger partial charge < -0.3 is 30.4 Å². The molecule has 0 bridgehead atoms. The number of carboxylic acid groups (broad SMARTS) is 1. The van der Waals surface area contributed by atoms with Gasteiger partial charge in [0.25, 0.3) is 0 Å². The van der Waals surface area contributed by atoms with Gasteiger partial charge in [-0.15, -0.1) is 0 Å². The van der Waals surface area contributed by atoms with E-state index >= 15 is 0 Å². The number of ether oxygens (including phenoxy) is 2. The summed E-state index contributed by atoms with van der Waals surface area (Å²) < 4.78 is 38.1. The second-order valence-electron chi connectivity index (χ2n) is 9.40. The third kappa shape index (κ3) is 11.0. The molecule has 1 atom stereocenters. The van der Waals surface area contributed by atoms with Crippen molar-refractivity contribution in [1.82, 2.24) is 9.62 Å². The Labute approximate surface area is 274 Å². The normalized spacial score (nSPS) is 12.1. The number of rotatable bonds is 16. The molecule has 0 heterocycles. The van der Waals surface area contributed by atoms with E-state index in [2.05, 4.69) is 5.32 Å². The minimum atomic E-state index is -4.09. The minimum absolute atomic E-state index is 0. The topological polar surface area (TPSA) is 151 Å². The number of aryl methyl sites for hydroxylation is 1. The van der Waals surface area contributed by atoms with Gasteiger partial charge in [-0.25, -0.2) is 8.42 Å². The molecular weight excluding hydrogens is 549 g/mol. The van der Waals surface area contributed by atoms with E-state index < -0.39 is 22.0 Å². The summed E-state index contributed by atoms with van der Waals surface area (Å²) in [4.78, 5) is 24.3. The number of hydrogen-bond acceptors (Lipinski definition) is 8. The molecule has 3 N–H and O–H groups in total. The molecule has 2 aromatic carbocycles. The number of anilines is 1. The maximum Gasteiger partial charge on any atom is 1.00 e. The smallest absolute Gasteiger partial charge is 0.548 e. The number of unbranched alkanes of at least 4 members (excludes halogenated alkanes) is 1. The van der Waals surface area contributed by atoms with Gasteiger partial charge in [-0.2, -0.15) is 4.31 Å². The quantitative estimate of drug-likeness (QED) is 0.144. The molecule has 2 aromatic rings. The van der Waals surface area contributed by atoms with Gasteiger partial charge in [-0.3, -0.25) is 4.79 Å².